The minimum Gasteiger partial charge on any atom is -0.465 e. The monoisotopic (exact) mass is 416 g/mol. The van der Waals surface area contributed by atoms with E-state index in [9.17, 15) is 14.4 Å². The maximum atomic E-state index is 13.0. The van der Waals surface area contributed by atoms with E-state index in [1.165, 1.54) is 18.2 Å². The minimum absolute atomic E-state index is 0.0911. The fourth-order valence-corrected chi connectivity index (χ4v) is 3.56. The average Bonchev–Trinajstić information content (AvgIpc) is 3.41. The Balaban J connectivity index is 1.53. The highest BCUT2D eigenvalue weighted by Crippen LogP contribution is 2.27. The number of hydrogen-bond acceptors (Lipinski definition) is 6. The van der Waals surface area contributed by atoms with Crippen molar-refractivity contribution in [1.29, 1.82) is 0 Å². The molecule has 1 aliphatic heterocycles. The van der Waals surface area contributed by atoms with Gasteiger partial charge in [-0.3, -0.25) is 9.59 Å². The molecule has 0 radical (unpaired) electrons. The molecule has 31 heavy (non-hydrogen) atoms. The van der Waals surface area contributed by atoms with Crippen molar-refractivity contribution in [3.63, 3.8) is 0 Å². The van der Waals surface area contributed by atoms with Crippen molar-refractivity contribution in [2.24, 2.45) is 11.0 Å². The molecule has 8 nitrogen and oxygen atoms in total. The highest BCUT2D eigenvalue weighted by molar-refractivity contribution is 6.27. The lowest BCUT2D eigenvalue weighted by Gasteiger charge is -2.15. The summed E-state index contributed by atoms with van der Waals surface area (Å²) >= 11 is 0. The zero-order valence-electron chi connectivity index (χ0n) is 17.0. The van der Waals surface area contributed by atoms with E-state index in [4.69, 9.17) is 4.74 Å². The molecule has 0 aliphatic carbocycles. The van der Waals surface area contributed by atoms with Gasteiger partial charge in [0.1, 0.15) is 11.7 Å². The van der Waals surface area contributed by atoms with Crippen LogP contribution in [0.4, 0.5) is 5.69 Å². The van der Waals surface area contributed by atoms with Gasteiger partial charge in [0.2, 0.25) is 0 Å². The number of ether oxygens (including phenoxy) is 1. The van der Waals surface area contributed by atoms with Gasteiger partial charge in [-0.2, -0.15) is 10.1 Å². The Kier molecular flexibility index (Phi) is 5.44. The SMILES string of the molecule is COC(=O)c1cccc(N2N=C(C)C(C(=O)Cc3cccc(-c4ncc[nH]4)c3)C2=O)c1. The molecule has 2 aromatic carbocycles. The number of carbonyl (C=O) groups excluding carboxylic acids is 3. The molecule has 4 rings (SSSR count). The number of benzene rings is 2. The number of aromatic amines is 1. The van der Waals surface area contributed by atoms with Crippen molar-refractivity contribution in [3.05, 3.63) is 72.1 Å². The van der Waals surface area contributed by atoms with E-state index in [0.717, 1.165) is 11.1 Å². The van der Waals surface area contributed by atoms with Crippen LogP contribution >= 0.6 is 0 Å². The van der Waals surface area contributed by atoms with E-state index in [2.05, 4.69) is 15.1 Å². The molecule has 1 aliphatic rings. The summed E-state index contributed by atoms with van der Waals surface area (Å²) < 4.78 is 4.72. The first kappa shape index (κ1) is 20.2. The predicted octanol–water partition coefficient (Wildman–Crippen LogP) is 3.01. The number of methoxy groups -OCH3 is 1. The lowest BCUT2D eigenvalue weighted by atomic mass is 9.93. The van der Waals surface area contributed by atoms with Gasteiger partial charge < -0.3 is 9.72 Å². The summed E-state index contributed by atoms with van der Waals surface area (Å²) in [6, 6.07) is 13.9. The molecular weight excluding hydrogens is 396 g/mol. The van der Waals surface area contributed by atoms with Gasteiger partial charge in [0.25, 0.3) is 5.91 Å². The fraction of sp³-hybridized carbons (Fsp3) is 0.174. The first-order valence-corrected chi connectivity index (χ1v) is 9.67. The number of rotatable bonds is 6. The molecule has 2 heterocycles. The van der Waals surface area contributed by atoms with Crippen LogP contribution in [0.15, 0.2) is 66.0 Å². The second kappa shape index (κ2) is 8.35. The Morgan fingerprint density at radius 1 is 1.16 bits per heavy atom. The Morgan fingerprint density at radius 3 is 2.71 bits per heavy atom. The predicted molar refractivity (Wildman–Crippen MR) is 115 cm³/mol. The van der Waals surface area contributed by atoms with Crippen molar-refractivity contribution < 1.29 is 19.1 Å². The maximum Gasteiger partial charge on any atom is 0.337 e. The number of ketones is 1. The van der Waals surface area contributed by atoms with Crippen LogP contribution in [-0.2, 0) is 20.7 Å². The second-order valence-corrected chi connectivity index (χ2v) is 7.15. The third-order valence-corrected chi connectivity index (χ3v) is 5.04. The number of carbonyl (C=O) groups is 3. The fourth-order valence-electron chi connectivity index (χ4n) is 3.56. The lowest BCUT2D eigenvalue weighted by molar-refractivity contribution is -0.128. The van der Waals surface area contributed by atoms with E-state index in [1.807, 2.05) is 24.3 Å². The third-order valence-electron chi connectivity index (χ3n) is 5.04. The molecule has 0 fully saturated rings. The molecule has 1 unspecified atom stereocenters. The average molecular weight is 416 g/mol. The highest BCUT2D eigenvalue weighted by Gasteiger charge is 2.39. The van der Waals surface area contributed by atoms with Crippen LogP contribution in [0, 0.1) is 5.92 Å². The Labute approximate surface area is 178 Å². The van der Waals surface area contributed by atoms with Crippen molar-refractivity contribution in [3.8, 4) is 11.4 Å². The van der Waals surface area contributed by atoms with E-state index < -0.39 is 17.8 Å². The van der Waals surface area contributed by atoms with E-state index in [-0.39, 0.29) is 12.2 Å². The first-order valence-electron chi connectivity index (χ1n) is 9.67. The van der Waals surface area contributed by atoms with Crippen LogP contribution in [0.3, 0.4) is 0 Å². The molecule has 156 valence electrons. The van der Waals surface area contributed by atoms with Gasteiger partial charge in [0.15, 0.2) is 5.78 Å². The molecule has 0 saturated carbocycles. The molecule has 1 N–H and O–H groups in total. The number of anilines is 1. The lowest BCUT2D eigenvalue weighted by Crippen LogP contribution is -2.33. The summed E-state index contributed by atoms with van der Waals surface area (Å²) in [6.45, 7) is 1.66. The number of hydrazone groups is 1. The standard InChI is InChI=1S/C23H20N4O4/c1-14-20(19(28)12-15-5-3-6-16(11-15)21-24-9-10-25-21)22(29)27(26-14)18-8-4-7-17(13-18)23(30)31-2/h3-11,13,20H,12H2,1-2H3,(H,24,25). The van der Waals surface area contributed by atoms with Crippen molar-refractivity contribution >= 4 is 29.1 Å². The molecule has 1 amide bonds. The highest BCUT2D eigenvalue weighted by atomic mass is 16.5. The number of Topliss-reactive ketones (excluding diaryl/α,β-unsaturated/α-hetero) is 1. The second-order valence-electron chi connectivity index (χ2n) is 7.15. The summed E-state index contributed by atoms with van der Waals surface area (Å²) in [4.78, 5) is 45.1. The normalized spacial score (nSPS) is 15.7. The number of imidazole rings is 1. The smallest absolute Gasteiger partial charge is 0.337 e. The largest absolute Gasteiger partial charge is 0.465 e. The van der Waals surface area contributed by atoms with Crippen LogP contribution < -0.4 is 5.01 Å². The first-order chi connectivity index (χ1) is 15.0. The van der Waals surface area contributed by atoms with Gasteiger partial charge in [-0.1, -0.05) is 24.3 Å². The summed E-state index contributed by atoms with van der Waals surface area (Å²) in [5.74, 6) is -1.45. The van der Waals surface area contributed by atoms with Crippen LogP contribution in [0.1, 0.15) is 22.8 Å². The number of H-pyrrole nitrogens is 1. The van der Waals surface area contributed by atoms with Crippen LogP contribution in [0.2, 0.25) is 0 Å². The zero-order chi connectivity index (χ0) is 22.0. The summed E-state index contributed by atoms with van der Waals surface area (Å²) in [5, 5.41) is 5.45. The number of hydrogen-bond donors (Lipinski definition) is 1. The van der Waals surface area contributed by atoms with Gasteiger partial charge in [-0.05, 0) is 36.8 Å². The molecule has 1 aromatic heterocycles. The van der Waals surface area contributed by atoms with E-state index >= 15 is 0 Å². The van der Waals surface area contributed by atoms with Gasteiger partial charge in [-0.25, -0.2) is 9.78 Å². The number of nitrogens with one attached hydrogen (secondary N) is 1. The van der Waals surface area contributed by atoms with Crippen molar-refractivity contribution in [2.75, 3.05) is 12.1 Å². The molecule has 1 atom stereocenters. The van der Waals surface area contributed by atoms with Crippen molar-refractivity contribution in [2.45, 2.75) is 13.3 Å². The molecule has 0 saturated heterocycles. The van der Waals surface area contributed by atoms with Gasteiger partial charge >= 0.3 is 5.97 Å². The molecule has 8 heteroatoms. The molecular formula is C23H20N4O4. The Bertz CT molecular complexity index is 1180. The number of aromatic nitrogens is 2. The zero-order valence-corrected chi connectivity index (χ0v) is 17.0. The summed E-state index contributed by atoms with van der Waals surface area (Å²) in [6.07, 6.45) is 3.48. The van der Waals surface area contributed by atoms with Gasteiger partial charge in [0.05, 0.1) is 24.1 Å². The summed E-state index contributed by atoms with van der Waals surface area (Å²) in [7, 11) is 1.29. The molecule has 0 spiro atoms. The minimum atomic E-state index is -0.964. The number of nitrogens with zero attached hydrogens (tertiary/aromatic N) is 3. The van der Waals surface area contributed by atoms with E-state index in [0.29, 0.717) is 22.8 Å². The molecule has 3 aromatic rings. The molecule has 0 bridgehead atoms. The van der Waals surface area contributed by atoms with Crippen LogP contribution in [-0.4, -0.2) is 40.4 Å². The van der Waals surface area contributed by atoms with Crippen LogP contribution in [0.25, 0.3) is 11.4 Å². The maximum absolute atomic E-state index is 13.0. The Morgan fingerprint density at radius 2 is 1.97 bits per heavy atom. The number of amides is 1. The van der Waals surface area contributed by atoms with Gasteiger partial charge in [-0.15, -0.1) is 0 Å². The summed E-state index contributed by atoms with van der Waals surface area (Å²) in [5.41, 5.74) is 2.76. The topological polar surface area (TPSA) is 105 Å². The van der Waals surface area contributed by atoms with Crippen molar-refractivity contribution in [1.82, 2.24) is 9.97 Å². The third kappa shape index (κ3) is 4.00. The van der Waals surface area contributed by atoms with Crippen LogP contribution in [0.5, 0.6) is 0 Å². The quantitative estimate of drug-likeness (QED) is 0.491. The van der Waals surface area contributed by atoms with E-state index in [1.54, 1.807) is 37.5 Å². The Hall–Kier alpha value is -4.07. The van der Waals surface area contributed by atoms with Gasteiger partial charge in [0, 0.05) is 24.4 Å². The number of esters is 1.